The fourth-order valence-electron chi connectivity index (χ4n) is 3.62. The molecule has 0 bridgehead atoms. The summed E-state index contributed by atoms with van der Waals surface area (Å²) in [4.78, 5) is 26.5. The van der Waals surface area contributed by atoms with Gasteiger partial charge in [-0.05, 0) is 31.6 Å². The largest absolute Gasteiger partial charge is 0.352 e. The summed E-state index contributed by atoms with van der Waals surface area (Å²) in [5, 5.41) is 12.6. The molecule has 1 aliphatic carbocycles. The summed E-state index contributed by atoms with van der Waals surface area (Å²) in [5.41, 5.74) is -0.817. The van der Waals surface area contributed by atoms with Gasteiger partial charge in [-0.3, -0.25) is 9.59 Å². The fourth-order valence-corrected chi connectivity index (χ4v) is 3.62. The fraction of sp³-hybridized carbons (Fsp3) is 0.833. The van der Waals surface area contributed by atoms with E-state index in [0.717, 1.165) is 32.1 Å². The van der Waals surface area contributed by atoms with Crippen molar-refractivity contribution in [2.45, 2.75) is 71.3 Å². The quantitative estimate of drug-likeness (QED) is 0.865. The number of piperidine rings is 1. The molecule has 128 valence electrons. The Hall–Kier alpha value is -1.57. The Labute approximate surface area is 139 Å². The Bertz CT molecular complexity index is 467. The van der Waals surface area contributed by atoms with E-state index in [4.69, 9.17) is 0 Å². The van der Waals surface area contributed by atoms with Gasteiger partial charge < -0.3 is 10.2 Å². The van der Waals surface area contributed by atoms with E-state index in [1.165, 1.54) is 0 Å². The van der Waals surface area contributed by atoms with Crippen LogP contribution in [0.25, 0.3) is 0 Å². The number of rotatable bonds is 4. The highest BCUT2D eigenvalue weighted by molar-refractivity contribution is 5.85. The van der Waals surface area contributed by atoms with Crippen LogP contribution >= 0.6 is 0 Å². The maximum absolute atomic E-state index is 12.6. The number of nitrogens with one attached hydrogen (secondary N) is 1. The van der Waals surface area contributed by atoms with Crippen LogP contribution in [0.3, 0.4) is 0 Å². The number of carbonyl (C=O) groups excluding carboxylic acids is 2. The van der Waals surface area contributed by atoms with Gasteiger partial charge in [-0.15, -0.1) is 0 Å². The molecule has 5 nitrogen and oxygen atoms in total. The normalized spacial score (nSPS) is 21.7. The molecule has 0 radical (unpaired) electrons. The lowest BCUT2D eigenvalue weighted by molar-refractivity contribution is -0.133. The first-order valence-corrected chi connectivity index (χ1v) is 8.97. The molecule has 23 heavy (non-hydrogen) atoms. The van der Waals surface area contributed by atoms with Crippen molar-refractivity contribution in [1.29, 1.82) is 5.26 Å². The first-order valence-electron chi connectivity index (χ1n) is 8.97. The van der Waals surface area contributed by atoms with E-state index < -0.39 is 5.41 Å². The maximum atomic E-state index is 12.6. The predicted molar refractivity (Wildman–Crippen MR) is 88.3 cm³/mol. The Balaban J connectivity index is 1.83. The number of hydrogen-bond donors (Lipinski definition) is 1. The number of nitrogens with zero attached hydrogens (tertiary/aromatic N) is 2. The summed E-state index contributed by atoms with van der Waals surface area (Å²) in [6.45, 7) is 5.51. The summed E-state index contributed by atoms with van der Waals surface area (Å²) in [6, 6.07) is 2.37. The molecule has 0 atom stereocenters. The van der Waals surface area contributed by atoms with E-state index in [2.05, 4.69) is 25.2 Å². The highest BCUT2D eigenvalue weighted by Crippen LogP contribution is 2.36. The average Bonchev–Trinajstić information content (AvgIpc) is 2.55. The van der Waals surface area contributed by atoms with Gasteiger partial charge in [-0.1, -0.05) is 33.1 Å². The second-order valence-electron chi connectivity index (χ2n) is 7.48. The maximum Gasteiger partial charge on any atom is 0.240 e. The summed E-state index contributed by atoms with van der Waals surface area (Å²) < 4.78 is 0. The standard InChI is InChI=1S/C18H29N3O2/c1-14(2)12-16(22)21-10-6-15(7-11-21)20-17(23)18(13-19)8-4-3-5-9-18/h14-15H,3-12H2,1-2H3,(H,20,23). The van der Waals surface area contributed by atoms with Crippen LogP contribution in [-0.4, -0.2) is 35.8 Å². The van der Waals surface area contributed by atoms with Crippen LogP contribution in [0.5, 0.6) is 0 Å². The van der Waals surface area contributed by atoms with Crippen molar-refractivity contribution >= 4 is 11.8 Å². The van der Waals surface area contributed by atoms with Crippen LogP contribution in [0.1, 0.15) is 65.2 Å². The molecule has 0 aromatic carbocycles. The third-order valence-electron chi connectivity index (χ3n) is 5.12. The molecule has 5 heteroatoms. The zero-order valence-electron chi connectivity index (χ0n) is 14.4. The minimum atomic E-state index is -0.817. The molecule has 1 saturated heterocycles. The number of hydrogen-bond acceptors (Lipinski definition) is 3. The molecule has 1 aliphatic heterocycles. The van der Waals surface area contributed by atoms with E-state index in [1.54, 1.807) is 0 Å². The topological polar surface area (TPSA) is 73.2 Å². The molecule has 0 aromatic heterocycles. The van der Waals surface area contributed by atoms with Gasteiger partial charge in [-0.25, -0.2) is 0 Å². The molecule has 1 saturated carbocycles. The Morgan fingerprint density at radius 3 is 2.35 bits per heavy atom. The predicted octanol–water partition coefficient (Wildman–Crippen LogP) is 2.61. The summed E-state index contributed by atoms with van der Waals surface area (Å²) >= 11 is 0. The highest BCUT2D eigenvalue weighted by Gasteiger charge is 2.40. The van der Waals surface area contributed by atoms with Gasteiger partial charge in [0, 0.05) is 25.6 Å². The minimum Gasteiger partial charge on any atom is -0.352 e. The van der Waals surface area contributed by atoms with Crippen LogP contribution < -0.4 is 5.32 Å². The molecule has 2 fully saturated rings. The van der Waals surface area contributed by atoms with Crippen LogP contribution in [0.15, 0.2) is 0 Å². The molecule has 0 unspecified atom stereocenters. The number of amides is 2. The molecule has 2 aliphatic rings. The second-order valence-corrected chi connectivity index (χ2v) is 7.48. The lowest BCUT2D eigenvalue weighted by Gasteiger charge is -2.35. The Morgan fingerprint density at radius 2 is 1.83 bits per heavy atom. The Morgan fingerprint density at radius 1 is 1.22 bits per heavy atom. The SMILES string of the molecule is CC(C)CC(=O)N1CCC(NC(=O)C2(C#N)CCCCC2)CC1. The lowest BCUT2D eigenvalue weighted by atomic mass is 9.74. The van der Waals surface area contributed by atoms with E-state index >= 15 is 0 Å². The van der Waals surface area contributed by atoms with Crippen LogP contribution in [0.4, 0.5) is 0 Å². The van der Waals surface area contributed by atoms with Gasteiger partial charge in [0.25, 0.3) is 0 Å². The van der Waals surface area contributed by atoms with E-state index in [9.17, 15) is 14.9 Å². The van der Waals surface area contributed by atoms with Crippen molar-refractivity contribution in [2.24, 2.45) is 11.3 Å². The molecule has 1 heterocycles. The molecular weight excluding hydrogens is 290 g/mol. The van der Waals surface area contributed by atoms with E-state index in [1.807, 2.05) is 4.90 Å². The van der Waals surface area contributed by atoms with Gasteiger partial charge in [0.1, 0.15) is 5.41 Å². The van der Waals surface area contributed by atoms with Crippen molar-refractivity contribution < 1.29 is 9.59 Å². The summed E-state index contributed by atoms with van der Waals surface area (Å²) in [6.07, 6.45) is 6.57. The van der Waals surface area contributed by atoms with Crippen molar-refractivity contribution in [3.05, 3.63) is 0 Å². The van der Waals surface area contributed by atoms with Crippen molar-refractivity contribution in [3.63, 3.8) is 0 Å². The summed E-state index contributed by atoms with van der Waals surface area (Å²) in [7, 11) is 0. The minimum absolute atomic E-state index is 0.0911. The first-order chi connectivity index (χ1) is 11.0. The number of carbonyl (C=O) groups is 2. The number of nitriles is 1. The van der Waals surface area contributed by atoms with Crippen molar-refractivity contribution in [1.82, 2.24) is 10.2 Å². The highest BCUT2D eigenvalue weighted by atomic mass is 16.2. The monoisotopic (exact) mass is 319 g/mol. The lowest BCUT2D eigenvalue weighted by Crippen LogP contribution is -2.50. The van der Waals surface area contributed by atoms with Crippen molar-refractivity contribution in [3.8, 4) is 6.07 Å². The Kier molecular flexibility index (Phi) is 6.04. The molecular formula is C18H29N3O2. The van der Waals surface area contributed by atoms with Crippen LogP contribution in [-0.2, 0) is 9.59 Å². The molecule has 2 amide bonds. The van der Waals surface area contributed by atoms with Crippen LogP contribution in [0, 0.1) is 22.7 Å². The van der Waals surface area contributed by atoms with Gasteiger partial charge >= 0.3 is 0 Å². The van der Waals surface area contributed by atoms with Crippen LogP contribution in [0.2, 0.25) is 0 Å². The van der Waals surface area contributed by atoms with Gasteiger partial charge in [0.2, 0.25) is 11.8 Å². The molecule has 2 rings (SSSR count). The second kappa shape index (κ2) is 7.81. The third-order valence-corrected chi connectivity index (χ3v) is 5.12. The molecule has 1 N–H and O–H groups in total. The van der Waals surface area contributed by atoms with E-state index in [-0.39, 0.29) is 17.9 Å². The smallest absolute Gasteiger partial charge is 0.240 e. The molecule has 0 aromatic rings. The third kappa shape index (κ3) is 4.46. The first kappa shape index (κ1) is 17.8. The number of likely N-dealkylation sites (tertiary alicyclic amines) is 1. The summed E-state index contributed by atoms with van der Waals surface area (Å²) in [5.74, 6) is 0.499. The molecule has 0 spiro atoms. The van der Waals surface area contributed by atoms with Gasteiger partial charge in [-0.2, -0.15) is 5.26 Å². The van der Waals surface area contributed by atoms with Gasteiger partial charge in [0.05, 0.1) is 6.07 Å². The zero-order chi connectivity index (χ0) is 16.9. The zero-order valence-corrected chi connectivity index (χ0v) is 14.4. The van der Waals surface area contributed by atoms with Crippen molar-refractivity contribution in [2.75, 3.05) is 13.1 Å². The van der Waals surface area contributed by atoms with Gasteiger partial charge in [0.15, 0.2) is 0 Å². The average molecular weight is 319 g/mol. The van der Waals surface area contributed by atoms with E-state index in [0.29, 0.717) is 38.3 Å².